The number of morpholine rings is 1. The maximum atomic E-state index is 5.48. The van der Waals surface area contributed by atoms with Gasteiger partial charge in [0, 0.05) is 30.4 Å². The second-order valence-electron chi connectivity index (χ2n) is 5.36. The second kappa shape index (κ2) is 9.82. The Morgan fingerprint density at radius 2 is 1.60 bits per heavy atom. The van der Waals surface area contributed by atoms with Gasteiger partial charge in [0.05, 0.1) is 30.1 Å². The lowest BCUT2D eigenvalue weighted by Crippen LogP contribution is -2.36. The molecule has 0 unspecified atom stereocenters. The minimum atomic E-state index is 0. The van der Waals surface area contributed by atoms with E-state index in [1.165, 1.54) is 11.1 Å². The van der Waals surface area contributed by atoms with Crippen LogP contribution in [0.25, 0.3) is 22.3 Å². The molecule has 1 saturated heterocycles. The lowest BCUT2D eigenvalue weighted by Gasteiger charge is -2.30. The fourth-order valence-corrected chi connectivity index (χ4v) is 2.87. The van der Waals surface area contributed by atoms with Crippen molar-refractivity contribution in [2.45, 2.75) is 0 Å². The molecule has 0 saturated carbocycles. The number of aromatic nitrogens is 2. The highest BCUT2D eigenvalue weighted by Crippen LogP contribution is 2.30. The van der Waals surface area contributed by atoms with E-state index >= 15 is 0 Å². The molecule has 1 aliphatic rings. The van der Waals surface area contributed by atoms with Crippen molar-refractivity contribution in [1.29, 1.82) is 0 Å². The van der Waals surface area contributed by atoms with Crippen molar-refractivity contribution in [3.8, 4) is 11.4 Å². The fourth-order valence-electron chi connectivity index (χ4n) is 2.87. The Morgan fingerprint density at radius 1 is 0.880 bits per heavy atom. The molecule has 1 fully saturated rings. The normalized spacial score (nSPS) is 13.4. The van der Waals surface area contributed by atoms with Crippen molar-refractivity contribution in [1.82, 2.24) is 9.97 Å². The maximum absolute atomic E-state index is 5.48. The summed E-state index contributed by atoms with van der Waals surface area (Å²) in [5, 5.41) is 1.18. The molecule has 1 aliphatic heterocycles. The Hall–Kier alpha value is -1.54. The molecule has 4 rings (SSSR count). The van der Waals surface area contributed by atoms with Crippen LogP contribution in [0.2, 0.25) is 0 Å². The molecule has 0 aliphatic carbocycles. The smallest absolute Gasteiger partial charge is 0.0914 e. The first kappa shape index (κ1) is 21.5. The van der Waals surface area contributed by atoms with Crippen LogP contribution in [0.1, 0.15) is 0 Å². The van der Waals surface area contributed by atoms with E-state index < -0.39 is 0 Å². The largest absolute Gasteiger partial charge is 0.412 e. The second-order valence-corrected chi connectivity index (χ2v) is 5.36. The van der Waals surface area contributed by atoms with Gasteiger partial charge in [0.2, 0.25) is 0 Å². The zero-order valence-electron chi connectivity index (χ0n) is 13.6. The summed E-state index contributed by atoms with van der Waals surface area (Å²) in [7, 11) is 0. The van der Waals surface area contributed by atoms with Crippen LogP contribution >= 0.6 is 34.0 Å². The van der Waals surface area contributed by atoms with Crippen LogP contribution in [0.4, 0.5) is 5.69 Å². The van der Waals surface area contributed by atoms with Gasteiger partial charge in [-0.15, -0.1) is 34.0 Å². The number of nitrogens with zero attached hydrogens (tertiary/aromatic N) is 3. The molecule has 0 spiro atoms. The standard InChI is InChI=1S/C18H17N3O.2BrH.H2O/c1-2-6-15-14(5-1)18(21-9-11-22-12-10-21)13-17(20-15)16-7-3-4-8-19-16;;;/h1-8,13H,9-12H2;2*1H;1H2. The van der Waals surface area contributed by atoms with Gasteiger partial charge in [-0.05, 0) is 24.3 Å². The summed E-state index contributed by atoms with van der Waals surface area (Å²) >= 11 is 0. The van der Waals surface area contributed by atoms with E-state index in [2.05, 4.69) is 34.1 Å². The lowest BCUT2D eigenvalue weighted by molar-refractivity contribution is 0.123. The van der Waals surface area contributed by atoms with Gasteiger partial charge in [-0.1, -0.05) is 24.3 Å². The lowest BCUT2D eigenvalue weighted by atomic mass is 10.1. The van der Waals surface area contributed by atoms with Crippen LogP contribution in [-0.2, 0) is 4.74 Å². The number of pyridine rings is 2. The molecular weight excluding hydrogens is 450 g/mol. The first-order valence-electron chi connectivity index (χ1n) is 7.56. The summed E-state index contributed by atoms with van der Waals surface area (Å²) < 4.78 is 5.48. The van der Waals surface area contributed by atoms with E-state index in [0.29, 0.717) is 0 Å². The number of hydrogen-bond donors (Lipinski definition) is 0. The van der Waals surface area contributed by atoms with Crippen molar-refractivity contribution in [3.05, 3.63) is 54.7 Å². The predicted octanol–water partition coefficient (Wildman–Crippen LogP) is 3.46. The van der Waals surface area contributed by atoms with Gasteiger partial charge in [0.1, 0.15) is 0 Å². The number of para-hydroxylation sites is 1. The molecule has 2 aromatic heterocycles. The highest BCUT2D eigenvalue weighted by atomic mass is 79.9. The molecular formula is C18H21Br2N3O2. The summed E-state index contributed by atoms with van der Waals surface area (Å²) in [5.41, 5.74) is 4.05. The van der Waals surface area contributed by atoms with Crippen LogP contribution in [0, 0.1) is 0 Å². The molecule has 2 N–H and O–H groups in total. The average molecular weight is 471 g/mol. The third-order valence-corrected chi connectivity index (χ3v) is 3.97. The maximum Gasteiger partial charge on any atom is 0.0914 e. The molecule has 7 heteroatoms. The molecule has 3 aromatic rings. The monoisotopic (exact) mass is 469 g/mol. The average Bonchev–Trinajstić information content (AvgIpc) is 2.62. The number of benzene rings is 1. The van der Waals surface area contributed by atoms with Crippen LogP contribution in [0.5, 0.6) is 0 Å². The van der Waals surface area contributed by atoms with Gasteiger partial charge in [-0.2, -0.15) is 0 Å². The van der Waals surface area contributed by atoms with Crippen molar-refractivity contribution in [2.75, 3.05) is 31.2 Å². The van der Waals surface area contributed by atoms with E-state index in [1.807, 2.05) is 24.3 Å². The molecule has 25 heavy (non-hydrogen) atoms. The third kappa shape index (κ3) is 4.55. The quantitative estimate of drug-likeness (QED) is 0.575. The molecule has 0 amide bonds. The van der Waals surface area contributed by atoms with Crippen LogP contribution in [-0.4, -0.2) is 41.7 Å². The zero-order chi connectivity index (χ0) is 14.8. The highest BCUT2D eigenvalue weighted by molar-refractivity contribution is 8.93. The predicted molar refractivity (Wildman–Crippen MR) is 112 cm³/mol. The van der Waals surface area contributed by atoms with Crippen LogP contribution < -0.4 is 4.90 Å². The first-order chi connectivity index (χ1) is 10.9. The van der Waals surface area contributed by atoms with Gasteiger partial charge in [0.25, 0.3) is 0 Å². The van der Waals surface area contributed by atoms with Crippen molar-refractivity contribution in [3.63, 3.8) is 0 Å². The van der Waals surface area contributed by atoms with Crippen molar-refractivity contribution < 1.29 is 10.2 Å². The molecule has 5 nitrogen and oxygen atoms in total. The third-order valence-electron chi connectivity index (χ3n) is 3.97. The number of hydrogen-bond acceptors (Lipinski definition) is 4. The van der Waals surface area contributed by atoms with Gasteiger partial charge in [-0.25, -0.2) is 4.98 Å². The van der Waals surface area contributed by atoms with E-state index in [0.717, 1.165) is 43.2 Å². The SMILES string of the molecule is Br.Br.O.c1ccc(-c2cc(N3CCOCC3)c3ccccc3n2)nc1. The van der Waals surface area contributed by atoms with Gasteiger partial charge in [-0.3, -0.25) is 4.98 Å². The van der Waals surface area contributed by atoms with Crippen LogP contribution in [0.3, 0.4) is 0 Å². The Labute approximate surface area is 167 Å². The first-order valence-corrected chi connectivity index (χ1v) is 7.56. The number of rotatable bonds is 2. The molecule has 3 heterocycles. The number of anilines is 1. The van der Waals surface area contributed by atoms with E-state index in [9.17, 15) is 0 Å². The number of fused-ring (bicyclic) bond motifs is 1. The van der Waals surface area contributed by atoms with Gasteiger partial charge < -0.3 is 15.1 Å². The molecule has 0 bridgehead atoms. The van der Waals surface area contributed by atoms with Crippen molar-refractivity contribution in [2.24, 2.45) is 0 Å². The number of ether oxygens (including phenoxy) is 1. The molecule has 1 aromatic carbocycles. The van der Waals surface area contributed by atoms with E-state index in [-0.39, 0.29) is 39.4 Å². The topological polar surface area (TPSA) is 69.8 Å². The Bertz CT molecular complexity index is 797. The fraction of sp³-hybridized carbons (Fsp3) is 0.222. The molecule has 134 valence electrons. The van der Waals surface area contributed by atoms with Crippen molar-refractivity contribution >= 4 is 50.6 Å². The highest BCUT2D eigenvalue weighted by Gasteiger charge is 2.16. The summed E-state index contributed by atoms with van der Waals surface area (Å²) in [6.07, 6.45) is 1.81. The summed E-state index contributed by atoms with van der Waals surface area (Å²) in [6.45, 7) is 3.37. The van der Waals surface area contributed by atoms with Gasteiger partial charge >= 0.3 is 0 Å². The minimum absolute atomic E-state index is 0. The summed E-state index contributed by atoms with van der Waals surface area (Å²) in [4.78, 5) is 11.6. The molecule has 0 radical (unpaired) electrons. The van der Waals surface area contributed by atoms with Crippen LogP contribution in [0.15, 0.2) is 54.7 Å². The summed E-state index contributed by atoms with van der Waals surface area (Å²) in [5.74, 6) is 0. The Morgan fingerprint density at radius 3 is 2.32 bits per heavy atom. The summed E-state index contributed by atoms with van der Waals surface area (Å²) in [6, 6.07) is 16.4. The minimum Gasteiger partial charge on any atom is -0.412 e. The zero-order valence-corrected chi connectivity index (χ0v) is 17.0. The molecule has 0 atom stereocenters. The van der Waals surface area contributed by atoms with E-state index in [1.54, 1.807) is 6.20 Å². The van der Waals surface area contributed by atoms with E-state index in [4.69, 9.17) is 9.72 Å². The number of halogens is 2. The Balaban J connectivity index is 0.00000104. The Kier molecular flexibility index (Phi) is 8.44. The van der Waals surface area contributed by atoms with Gasteiger partial charge in [0.15, 0.2) is 0 Å².